The SMILES string of the molecule is CC[C@H](CO)NC(=O)c1cccc(OC)c1N. The number of para-hydroxylation sites is 1. The van der Waals surface area contributed by atoms with Gasteiger partial charge in [0.15, 0.2) is 0 Å². The minimum Gasteiger partial charge on any atom is -0.495 e. The van der Waals surface area contributed by atoms with Gasteiger partial charge in [0.1, 0.15) is 5.75 Å². The first-order chi connectivity index (χ1) is 8.13. The van der Waals surface area contributed by atoms with Crippen molar-refractivity contribution < 1.29 is 14.6 Å². The molecule has 0 bridgehead atoms. The molecule has 0 aliphatic carbocycles. The fraction of sp³-hybridized carbons (Fsp3) is 0.417. The van der Waals surface area contributed by atoms with Gasteiger partial charge in [0.2, 0.25) is 0 Å². The van der Waals surface area contributed by atoms with Crippen molar-refractivity contribution in [1.29, 1.82) is 0 Å². The molecule has 1 atom stereocenters. The van der Waals surface area contributed by atoms with Crippen LogP contribution in [0.25, 0.3) is 0 Å². The summed E-state index contributed by atoms with van der Waals surface area (Å²) in [5.41, 5.74) is 6.47. The van der Waals surface area contributed by atoms with Gasteiger partial charge in [-0.15, -0.1) is 0 Å². The number of anilines is 1. The van der Waals surface area contributed by atoms with E-state index in [2.05, 4.69) is 5.32 Å². The van der Waals surface area contributed by atoms with Crippen LogP contribution in [0.2, 0.25) is 0 Å². The summed E-state index contributed by atoms with van der Waals surface area (Å²) in [6, 6.07) is 4.75. The summed E-state index contributed by atoms with van der Waals surface area (Å²) < 4.78 is 5.04. The number of hydrogen-bond donors (Lipinski definition) is 3. The normalized spacial score (nSPS) is 11.9. The molecule has 17 heavy (non-hydrogen) atoms. The molecule has 0 aliphatic heterocycles. The summed E-state index contributed by atoms with van der Waals surface area (Å²) in [5.74, 6) is 0.164. The van der Waals surface area contributed by atoms with Crippen molar-refractivity contribution in [2.24, 2.45) is 0 Å². The van der Waals surface area contributed by atoms with E-state index in [1.54, 1.807) is 18.2 Å². The zero-order chi connectivity index (χ0) is 12.8. The predicted molar refractivity (Wildman–Crippen MR) is 66.0 cm³/mol. The first-order valence-electron chi connectivity index (χ1n) is 5.48. The fourth-order valence-corrected chi connectivity index (χ4v) is 1.46. The van der Waals surface area contributed by atoms with Gasteiger partial charge in [0, 0.05) is 0 Å². The second-order valence-corrected chi connectivity index (χ2v) is 3.68. The highest BCUT2D eigenvalue weighted by molar-refractivity contribution is 6.00. The molecule has 0 saturated carbocycles. The second-order valence-electron chi connectivity index (χ2n) is 3.68. The van der Waals surface area contributed by atoms with Gasteiger partial charge in [-0.05, 0) is 18.6 Å². The van der Waals surface area contributed by atoms with Crippen LogP contribution in [0.3, 0.4) is 0 Å². The molecule has 0 spiro atoms. The highest BCUT2D eigenvalue weighted by Gasteiger charge is 2.15. The maximum absolute atomic E-state index is 11.9. The quantitative estimate of drug-likeness (QED) is 0.662. The van der Waals surface area contributed by atoms with E-state index in [-0.39, 0.29) is 18.6 Å². The number of carbonyl (C=O) groups excluding carboxylic acids is 1. The number of aliphatic hydroxyl groups excluding tert-OH is 1. The lowest BCUT2D eigenvalue weighted by atomic mass is 10.1. The molecular weight excluding hydrogens is 220 g/mol. The topological polar surface area (TPSA) is 84.6 Å². The Kier molecular flexibility index (Phi) is 4.78. The zero-order valence-corrected chi connectivity index (χ0v) is 10.1. The van der Waals surface area contributed by atoms with Gasteiger partial charge >= 0.3 is 0 Å². The van der Waals surface area contributed by atoms with Crippen LogP contribution in [0.15, 0.2) is 18.2 Å². The van der Waals surface area contributed by atoms with E-state index in [1.165, 1.54) is 7.11 Å². The summed E-state index contributed by atoms with van der Waals surface area (Å²) >= 11 is 0. The van der Waals surface area contributed by atoms with Crippen molar-refractivity contribution in [2.45, 2.75) is 19.4 Å². The molecule has 0 unspecified atom stereocenters. The van der Waals surface area contributed by atoms with Crippen LogP contribution < -0.4 is 15.8 Å². The number of nitrogens with two attached hydrogens (primary N) is 1. The van der Waals surface area contributed by atoms with Crippen molar-refractivity contribution in [3.05, 3.63) is 23.8 Å². The number of nitrogens with one attached hydrogen (secondary N) is 1. The van der Waals surface area contributed by atoms with Crippen LogP contribution in [0.1, 0.15) is 23.7 Å². The van der Waals surface area contributed by atoms with E-state index >= 15 is 0 Å². The van der Waals surface area contributed by atoms with Gasteiger partial charge in [0.25, 0.3) is 5.91 Å². The molecule has 94 valence electrons. The van der Waals surface area contributed by atoms with Gasteiger partial charge in [0.05, 0.1) is 31.0 Å². The lowest BCUT2D eigenvalue weighted by molar-refractivity contribution is 0.0915. The Morgan fingerprint density at radius 3 is 2.82 bits per heavy atom. The average Bonchev–Trinajstić information content (AvgIpc) is 2.35. The molecule has 1 amide bonds. The minimum absolute atomic E-state index is 0.0912. The van der Waals surface area contributed by atoms with Crippen LogP contribution in [-0.4, -0.2) is 30.8 Å². The summed E-state index contributed by atoms with van der Waals surface area (Å²) in [6.07, 6.45) is 0.659. The molecule has 0 aromatic heterocycles. The van der Waals surface area contributed by atoms with Crippen LogP contribution in [0, 0.1) is 0 Å². The first kappa shape index (κ1) is 13.3. The lowest BCUT2D eigenvalue weighted by Crippen LogP contribution is -2.37. The number of rotatable bonds is 5. The third-order valence-corrected chi connectivity index (χ3v) is 2.58. The number of carbonyl (C=O) groups is 1. The minimum atomic E-state index is -0.303. The van der Waals surface area contributed by atoms with Crippen molar-refractivity contribution in [3.63, 3.8) is 0 Å². The zero-order valence-electron chi connectivity index (χ0n) is 10.1. The Balaban J connectivity index is 2.89. The lowest BCUT2D eigenvalue weighted by Gasteiger charge is -2.15. The predicted octanol–water partition coefficient (Wildman–Crippen LogP) is 0.778. The van der Waals surface area contributed by atoms with E-state index in [0.717, 1.165) is 0 Å². The Morgan fingerprint density at radius 2 is 2.29 bits per heavy atom. The number of nitrogen functional groups attached to an aromatic ring is 1. The Morgan fingerprint density at radius 1 is 1.59 bits per heavy atom. The molecule has 0 heterocycles. The maximum atomic E-state index is 11.9. The molecule has 0 saturated heterocycles. The van der Waals surface area contributed by atoms with E-state index in [9.17, 15) is 4.79 Å². The largest absolute Gasteiger partial charge is 0.495 e. The molecule has 1 aromatic carbocycles. The first-order valence-corrected chi connectivity index (χ1v) is 5.48. The van der Waals surface area contributed by atoms with Crippen molar-refractivity contribution in [3.8, 4) is 5.75 Å². The molecular formula is C12H18N2O3. The van der Waals surface area contributed by atoms with E-state index in [4.69, 9.17) is 15.6 Å². The Bertz CT molecular complexity index is 389. The number of aliphatic hydroxyl groups is 1. The highest BCUT2D eigenvalue weighted by atomic mass is 16.5. The number of hydrogen-bond acceptors (Lipinski definition) is 4. The number of methoxy groups -OCH3 is 1. The maximum Gasteiger partial charge on any atom is 0.253 e. The third kappa shape index (κ3) is 3.10. The van der Waals surface area contributed by atoms with Crippen molar-refractivity contribution in [2.75, 3.05) is 19.5 Å². The van der Waals surface area contributed by atoms with Gasteiger partial charge in [-0.25, -0.2) is 0 Å². The van der Waals surface area contributed by atoms with Crippen molar-refractivity contribution in [1.82, 2.24) is 5.32 Å². The molecule has 4 N–H and O–H groups in total. The van der Waals surface area contributed by atoms with Gasteiger partial charge < -0.3 is 20.9 Å². The number of ether oxygens (including phenoxy) is 1. The van der Waals surface area contributed by atoms with Crippen LogP contribution in [-0.2, 0) is 0 Å². The summed E-state index contributed by atoms with van der Waals surface area (Å²) in [4.78, 5) is 11.9. The van der Waals surface area contributed by atoms with Gasteiger partial charge in [-0.1, -0.05) is 13.0 Å². The van der Waals surface area contributed by atoms with Crippen LogP contribution in [0.5, 0.6) is 5.75 Å². The fourth-order valence-electron chi connectivity index (χ4n) is 1.46. The Hall–Kier alpha value is -1.75. The summed E-state index contributed by atoms with van der Waals surface area (Å²) in [7, 11) is 1.50. The van der Waals surface area contributed by atoms with Gasteiger partial charge in [-0.2, -0.15) is 0 Å². The van der Waals surface area contributed by atoms with Gasteiger partial charge in [-0.3, -0.25) is 4.79 Å². The molecule has 0 fully saturated rings. The van der Waals surface area contributed by atoms with Crippen molar-refractivity contribution >= 4 is 11.6 Å². The number of benzene rings is 1. The smallest absolute Gasteiger partial charge is 0.253 e. The third-order valence-electron chi connectivity index (χ3n) is 2.58. The summed E-state index contributed by atoms with van der Waals surface area (Å²) in [5, 5.41) is 11.7. The molecule has 1 rings (SSSR count). The van der Waals surface area contributed by atoms with E-state index in [0.29, 0.717) is 23.4 Å². The molecule has 0 aliphatic rings. The molecule has 5 nitrogen and oxygen atoms in total. The second kappa shape index (κ2) is 6.10. The molecule has 0 radical (unpaired) electrons. The van der Waals surface area contributed by atoms with E-state index < -0.39 is 0 Å². The average molecular weight is 238 g/mol. The monoisotopic (exact) mass is 238 g/mol. The van der Waals surface area contributed by atoms with Crippen LogP contribution in [0.4, 0.5) is 5.69 Å². The van der Waals surface area contributed by atoms with Crippen LogP contribution >= 0.6 is 0 Å². The summed E-state index contributed by atoms with van der Waals surface area (Å²) in [6.45, 7) is 1.79. The standard InChI is InChI=1S/C12H18N2O3/c1-3-8(7-15)14-12(16)9-5-4-6-10(17-2)11(9)13/h4-6,8,15H,3,7,13H2,1-2H3,(H,14,16)/t8-/m1/s1. The Labute approximate surface area is 101 Å². The number of amides is 1. The highest BCUT2D eigenvalue weighted by Crippen LogP contribution is 2.24. The van der Waals surface area contributed by atoms with E-state index in [1.807, 2.05) is 6.92 Å². The molecule has 1 aromatic rings. The molecule has 5 heteroatoms.